The second-order valence-corrected chi connectivity index (χ2v) is 4.23. The van der Waals surface area contributed by atoms with Gasteiger partial charge in [-0.1, -0.05) is 60.7 Å². The molecule has 1 heterocycles. The molecule has 0 amide bonds. The number of piperazine rings is 1. The maximum Gasteiger partial charge on any atom is 0.0319 e. The van der Waals surface area contributed by atoms with E-state index in [1.165, 1.54) is 11.1 Å². The van der Waals surface area contributed by atoms with E-state index in [1.54, 1.807) is 0 Å². The zero-order chi connectivity index (χ0) is 14.5. The smallest absolute Gasteiger partial charge is 0.0319 e. The first-order chi connectivity index (χ1) is 9.97. The van der Waals surface area contributed by atoms with E-state index in [9.17, 15) is 0 Å². The molecule has 0 atom stereocenters. The van der Waals surface area contributed by atoms with Gasteiger partial charge in [-0.05, 0) is 11.1 Å². The number of rotatable bonds is 1. The van der Waals surface area contributed by atoms with Crippen molar-refractivity contribution in [1.82, 2.24) is 10.6 Å². The Morgan fingerprint density at radius 3 is 1.15 bits per heavy atom. The van der Waals surface area contributed by atoms with Crippen molar-refractivity contribution in [2.24, 2.45) is 0 Å². The number of aliphatic hydroxyl groups excluding tert-OH is 1. The summed E-state index contributed by atoms with van der Waals surface area (Å²) in [7, 11) is 1.00. The molecule has 20 heavy (non-hydrogen) atoms. The maximum absolute atomic E-state index is 7.00. The predicted octanol–water partition coefficient (Wildman–Crippen LogP) is 2.14. The summed E-state index contributed by atoms with van der Waals surface area (Å²) in [6.45, 7) is 4.56. The van der Waals surface area contributed by atoms with Gasteiger partial charge in [0, 0.05) is 33.3 Å². The van der Waals surface area contributed by atoms with Gasteiger partial charge in [0.1, 0.15) is 0 Å². The topological polar surface area (TPSA) is 44.3 Å². The Hall–Kier alpha value is -1.68. The van der Waals surface area contributed by atoms with Crippen molar-refractivity contribution in [3.8, 4) is 11.1 Å². The largest absolute Gasteiger partial charge is 0.400 e. The molecular formula is C17H24N2O. The van der Waals surface area contributed by atoms with Gasteiger partial charge in [0.15, 0.2) is 0 Å². The van der Waals surface area contributed by atoms with E-state index in [2.05, 4.69) is 59.2 Å². The van der Waals surface area contributed by atoms with E-state index >= 15 is 0 Å². The summed E-state index contributed by atoms with van der Waals surface area (Å²) in [5, 5.41) is 13.4. The van der Waals surface area contributed by atoms with Crippen molar-refractivity contribution < 1.29 is 5.11 Å². The SMILES string of the molecule is C1CNCCN1.CO.c1ccc(-c2ccccc2)cc1. The number of benzene rings is 2. The molecule has 0 saturated carbocycles. The van der Waals surface area contributed by atoms with Crippen LogP contribution >= 0.6 is 0 Å². The molecule has 3 N–H and O–H groups in total. The molecule has 0 bridgehead atoms. The van der Waals surface area contributed by atoms with Crippen molar-refractivity contribution >= 4 is 0 Å². The molecule has 1 saturated heterocycles. The fourth-order valence-corrected chi connectivity index (χ4v) is 1.86. The Labute approximate surface area is 121 Å². The minimum absolute atomic E-state index is 1.00. The lowest BCUT2D eigenvalue weighted by molar-refractivity contribution is 0.399. The molecule has 0 aromatic heterocycles. The third-order valence-corrected chi connectivity index (χ3v) is 2.84. The number of hydrogen-bond acceptors (Lipinski definition) is 3. The first kappa shape index (κ1) is 16.4. The van der Waals surface area contributed by atoms with Crippen LogP contribution in [0.25, 0.3) is 11.1 Å². The van der Waals surface area contributed by atoms with Crippen LogP contribution in [0.3, 0.4) is 0 Å². The summed E-state index contributed by atoms with van der Waals surface area (Å²) in [5.74, 6) is 0. The van der Waals surface area contributed by atoms with Gasteiger partial charge in [0.2, 0.25) is 0 Å². The highest BCUT2D eigenvalue weighted by molar-refractivity contribution is 5.62. The Morgan fingerprint density at radius 2 is 0.900 bits per heavy atom. The minimum atomic E-state index is 1.00. The standard InChI is InChI=1S/C12H10.C4H10N2.CH4O/c1-3-7-11(8-4-1)12-9-5-2-6-10-12;1-2-6-4-3-5-1;1-2/h1-10H;5-6H,1-4H2;2H,1H3. The van der Waals surface area contributed by atoms with Gasteiger partial charge in [0.25, 0.3) is 0 Å². The van der Waals surface area contributed by atoms with E-state index in [0.29, 0.717) is 0 Å². The molecule has 0 aliphatic carbocycles. The van der Waals surface area contributed by atoms with Gasteiger partial charge < -0.3 is 15.7 Å². The monoisotopic (exact) mass is 272 g/mol. The van der Waals surface area contributed by atoms with E-state index in [0.717, 1.165) is 33.3 Å². The van der Waals surface area contributed by atoms with Crippen molar-refractivity contribution in [3.05, 3.63) is 60.7 Å². The molecule has 3 rings (SSSR count). The number of aliphatic hydroxyl groups is 1. The molecule has 0 unspecified atom stereocenters. The number of hydrogen-bond donors (Lipinski definition) is 3. The van der Waals surface area contributed by atoms with Gasteiger partial charge in [-0.25, -0.2) is 0 Å². The van der Waals surface area contributed by atoms with Crippen LogP contribution in [0.15, 0.2) is 60.7 Å². The Balaban J connectivity index is 0.000000211. The highest BCUT2D eigenvalue weighted by atomic mass is 16.2. The van der Waals surface area contributed by atoms with Crippen LogP contribution in [0.2, 0.25) is 0 Å². The average Bonchev–Trinajstić information content (AvgIpc) is 2.60. The third kappa shape index (κ3) is 6.48. The first-order valence-corrected chi connectivity index (χ1v) is 6.93. The second kappa shape index (κ2) is 11.2. The van der Waals surface area contributed by atoms with E-state index < -0.39 is 0 Å². The van der Waals surface area contributed by atoms with Crippen molar-refractivity contribution in [2.45, 2.75) is 0 Å². The van der Waals surface area contributed by atoms with Gasteiger partial charge in [-0.2, -0.15) is 0 Å². The lowest BCUT2D eigenvalue weighted by Crippen LogP contribution is -2.39. The van der Waals surface area contributed by atoms with Crippen molar-refractivity contribution in [3.63, 3.8) is 0 Å². The van der Waals surface area contributed by atoms with Gasteiger partial charge in [0.05, 0.1) is 0 Å². The molecule has 1 aliphatic heterocycles. The minimum Gasteiger partial charge on any atom is -0.400 e. The van der Waals surface area contributed by atoms with E-state index in [1.807, 2.05) is 12.1 Å². The summed E-state index contributed by atoms with van der Waals surface area (Å²) < 4.78 is 0. The normalized spacial score (nSPS) is 13.3. The van der Waals surface area contributed by atoms with Crippen LogP contribution in [0.5, 0.6) is 0 Å². The van der Waals surface area contributed by atoms with Crippen LogP contribution in [0, 0.1) is 0 Å². The fourth-order valence-electron chi connectivity index (χ4n) is 1.86. The maximum atomic E-state index is 7.00. The predicted molar refractivity (Wildman–Crippen MR) is 85.8 cm³/mol. The van der Waals surface area contributed by atoms with Crippen molar-refractivity contribution in [1.29, 1.82) is 0 Å². The van der Waals surface area contributed by atoms with Crippen LogP contribution in [-0.2, 0) is 0 Å². The quantitative estimate of drug-likeness (QED) is 0.745. The molecular weight excluding hydrogens is 248 g/mol. The zero-order valence-electron chi connectivity index (χ0n) is 12.0. The molecule has 1 fully saturated rings. The summed E-state index contributed by atoms with van der Waals surface area (Å²) in [5.41, 5.74) is 2.55. The lowest BCUT2D eigenvalue weighted by Gasteiger charge is -2.11. The third-order valence-electron chi connectivity index (χ3n) is 2.84. The molecule has 1 aliphatic rings. The van der Waals surface area contributed by atoms with Crippen LogP contribution in [0.4, 0.5) is 0 Å². The van der Waals surface area contributed by atoms with Crippen LogP contribution in [-0.4, -0.2) is 38.4 Å². The van der Waals surface area contributed by atoms with Gasteiger partial charge in [-0.3, -0.25) is 0 Å². The summed E-state index contributed by atoms with van der Waals surface area (Å²) in [4.78, 5) is 0. The second-order valence-electron chi connectivity index (χ2n) is 4.23. The molecule has 2 aromatic rings. The van der Waals surface area contributed by atoms with Crippen LogP contribution in [0.1, 0.15) is 0 Å². The van der Waals surface area contributed by atoms with Crippen LogP contribution < -0.4 is 10.6 Å². The van der Waals surface area contributed by atoms with E-state index in [4.69, 9.17) is 5.11 Å². The number of nitrogens with one attached hydrogen (secondary N) is 2. The Kier molecular flexibility index (Phi) is 9.15. The first-order valence-electron chi connectivity index (χ1n) is 6.93. The van der Waals surface area contributed by atoms with Crippen molar-refractivity contribution in [2.75, 3.05) is 33.3 Å². The summed E-state index contributed by atoms with van der Waals surface area (Å²) in [6.07, 6.45) is 0. The fraction of sp³-hybridized carbons (Fsp3) is 0.294. The molecule has 3 heteroatoms. The van der Waals surface area contributed by atoms with Gasteiger partial charge in [-0.15, -0.1) is 0 Å². The highest BCUT2D eigenvalue weighted by Crippen LogP contribution is 2.17. The van der Waals surface area contributed by atoms with E-state index in [-0.39, 0.29) is 0 Å². The molecule has 0 spiro atoms. The molecule has 3 nitrogen and oxygen atoms in total. The summed E-state index contributed by atoms with van der Waals surface area (Å²) >= 11 is 0. The molecule has 2 aromatic carbocycles. The molecule has 0 radical (unpaired) electrons. The average molecular weight is 272 g/mol. The lowest BCUT2D eigenvalue weighted by atomic mass is 10.1. The Bertz CT molecular complexity index is 378. The summed E-state index contributed by atoms with van der Waals surface area (Å²) in [6, 6.07) is 20.8. The zero-order valence-corrected chi connectivity index (χ0v) is 12.0. The highest BCUT2D eigenvalue weighted by Gasteiger charge is 1.92. The molecule has 108 valence electrons. The Morgan fingerprint density at radius 1 is 0.600 bits per heavy atom. The van der Waals surface area contributed by atoms with Gasteiger partial charge >= 0.3 is 0 Å².